The zero-order valence-corrected chi connectivity index (χ0v) is 6.33. The van der Waals surface area contributed by atoms with Crippen molar-refractivity contribution < 1.29 is 0 Å². The lowest BCUT2D eigenvalue weighted by Crippen LogP contribution is -2.51. The van der Waals surface area contributed by atoms with Gasteiger partial charge in [0.05, 0.1) is 13.3 Å². The first-order chi connectivity index (χ1) is 5.45. The summed E-state index contributed by atoms with van der Waals surface area (Å²) in [4.78, 5) is 6.29. The molecule has 58 valence electrons. The fourth-order valence-corrected chi connectivity index (χ4v) is 1.13. The van der Waals surface area contributed by atoms with Gasteiger partial charge in [0.1, 0.15) is 0 Å². The second-order valence-corrected chi connectivity index (χ2v) is 2.75. The fourth-order valence-electron chi connectivity index (χ4n) is 1.13. The predicted molar refractivity (Wildman–Crippen MR) is 42.6 cm³/mol. The molecule has 3 nitrogen and oxygen atoms in total. The topological polar surface area (TPSA) is 28.2 Å². The maximum atomic E-state index is 3.96. The number of hydrogen-bond acceptors (Lipinski definition) is 3. The Labute approximate surface area is 66.0 Å². The molecule has 1 aromatic heterocycles. The van der Waals surface area contributed by atoms with Crippen LogP contribution in [-0.4, -0.2) is 23.2 Å². The SMILES string of the molecule is c1cc(CN2CNC2)ccn1. The van der Waals surface area contributed by atoms with Crippen LogP contribution in [0.25, 0.3) is 0 Å². The Bertz CT molecular complexity index is 218. The lowest BCUT2D eigenvalue weighted by Gasteiger charge is -2.31. The van der Waals surface area contributed by atoms with Crippen LogP contribution in [-0.2, 0) is 6.54 Å². The Kier molecular flexibility index (Phi) is 1.83. The Balaban J connectivity index is 1.95. The summed E-state index contributed by atoms with van der Waals surface area (Å²) in [7, 11) is 0. The summed E-state index contributed by atoms with van der Waals surface area (Å²) >= 11 is 0. The average Bonchev–Trinajstić information content (AvgIpc) is 1.99. The molecule has 0 atom stereocenters. The molecule has 0 unspecified atom stereocenters. The predicted octanol–water partition coefficient (Wildman–Crippen LogP) is 0.402. The molecule has 1 N–H and O–H groups in total. The van der Waals surface area contributed by atoms with Crippen LogP contribution < -0.4 is 5.32 Å². The molecule has 0 spiro atoms. The van der Waals surface area contributed by atoms with Gasteiger partial charge in [-0.3, -0.25) is 15.2 Å². The van der Waals surface area contributed by atoms with Gasteiger partial charge in [-0.2, -0.15) is 0 Å². The second kappa shape index (κ2) is 2.98. The molecule has 0 aromatic carbocycles. The van der Waals surface area contributed by atoms with Crippen LogP contribution in [0.5, 0.6) is 0 Å². The van der Waals surface area contributed by atoms with Gasteiger partial charge in [0.2, 0.25) is 0 Å². The van der Waals surface area contributed by atoms with Crippen molar-refractivity contribution >= 4 is 0 Å². The maximum Gasteiger partial charge on any atom is 0.0506 e. The van der Waals surface area contributed by atoms with Gasteiger partial charge in [-0.05, 0) is 17.7 Å². The zero-order valence-electron chi connectivity index (χ0n) is 6.33. The van der Waals surface area contributed by atoms with E-state index in [0.717, 1.165) is 19.9 Å². The Morgan fingerprint density at radius 2 is 2.09 bits per heavy atom. The van der Waals surface area contributed by atoms with Crippen molar-refractivity contribution in [1.29, 1.82) is 0 Å². The molecule has 1 aliphatic rings. The zero-order chi connectivity index (χ0) is 7.52. The van der Waals surface area contributed by atoms with Crippen LogP contribution >= 0.6 is 0 Å². The summed E-state index contributed by atoms with van der Waals surface area (Å²) < 4.78 is 0. The molecule has 0 radical (unpaired) electrons. The minimum Gasteiger partial charge on any atom is -0.291 e. The molecule has 1 aliphatic heterocycles. The summed E-state index contributed by atoms with van der Waals surface area (Å²) in [6.07, 6.45) is 3.67. The van der Waals surface area contributed by atoms with Crippen LogP contribution in [0, 0.1) is 0 Å². The highest BCUT2D eigenvalue weighted by Gasteiger charge is 2.11. The molecular weight excluding hydrogens is 138 g/mol. The number of aromatic nitrogens is 1. The van der Waals surface area contributed by atoms with Crippen LogP contribution in [0.3, 0.4) is 0 Å². The standard InChI is InChI=1S/C8H11N3/c1-3-9-4-2-8(1)5-11-6-10-7-11/h1-4,10H,5-7H2. The van der Waals surface area contributed by atoms with Crippen molar-refractivity contribution in [2.45, 2.75) is 6.54 Å². The van der Waals surface area contributed by atoms with Gasteiger partial charge in [0, 0.05) is 18.9 Å². The molecule has 2 heterocycles. The molecule has 1 fully saturated rings. The van der Waals surface area contributed by atoms with E-state index in [1.807, 2.05) is 12.4 Å². The molecular formula is C8H11N3. The van der Waals surface area contributed by atoms with Crippen LogP contribution in [0.2, 0.25) is 0 Å². The molecule has 0 saturated carbocycles. The highest BCUT2D eigenvalue weighted by Crippen LogP contribution is 2.04. The minimum atomic E-state index is 1.02. The quantitative estimate of drug-likeness (QED) is 0.659. The monoisotopic (exact) mass is 149 g/mol. The number of nitrogens with zero attached hydrogens (tertiary/aromatic N) is 2. The third-order valence-corrected chi connectivity index (χ3v) is 1.83. The molecule has 11 heavy (non-hydrogen) atoms. The van der Waals surface area contributed by atoms with E-state index in [-0.39, 0.29) is 0 Å². The van der Waals surface area contributed by atoms with Gasteiger partial charge >= 0.3 is 0 Å². The van der Waals surface area contributed by atoms with E-state index in [2.05, 4.69) is 27.3 Å². The van der Waals surface area contributed by atoms with Crippen molar-refractivity contribution in [3.05, 3.63) is 30.1 Å². The van der Waals surface area contributed by atoms with Crippen molar-refractivity contribution in [1.82, 2.24) is 15.2 Å². The lowest BCUT2D eigenvalue weighted by molar-refractivity contribution is 0.130. The first-order valence-corrected chi connectivity index (χ1v) is 3.77. The average molecular weight is 149 g/mol. The minimum absolute atomic E-state index is 1.02. The van der Waals surface area contributed by atoms with E-state index in [9.17, 15) is 0 Å². The number of nitrogens with one attached hydrogen (secondary N) is 1. The third-order valence-electron chi connectivity index (χ3n) is 1.83. The number of hydrogen-bond donors (Lipinski definition) is 1. The van der Waals surface area contributed by atoms with E-state index >= 15 is 0 Å². The largest absolute Gasteiger partial charge is 0.291 e. The van der Waals surface area contributed by atoms with Gasteiger partial charge in [0.25, 0.3) is 0 Å². The Morgan fingerprint density at radius 3 is 2.64 bits per heavy atom. The summed E-state index contributed by atoms with van der Waals surface area (Å²) in [5.74, 6) is 0. The fraction of sp³-hybridized carbons (Fsp3) is 0.375. The van der Waals surface area contributed by atoms with Crippen molar-refractivity contribution in [2.24, 2.45) is 0 Å². The van der Waals surface area contributed by atoms with E-state index < -0.39 is 0 Å². The normalized spacial score (nSPS) is 17.8. The summed E-state index contributed by atoms with van der Waals surface area (Å²) in [5.41, 5.74) is 1.33. The molecule has 3 heteroatoms. The van der Waals surface area contributed by atoms with Gasteiger partial charge in [-0.1, -0.05) is 0 Å². The third kappa shape index (κ3) is 1.56. The summed E-state index contributed by atoms with van der Waals surface area (Å²) in [5, 5.41) is 3.19. The van der Waals surface area contributed by atoms with Gasteiger partial charge in [-0.15, -0.1) is 0 Å². The van der Waals surface area contributed by atoms with Gasteiger partial charge in [-0.25, -0.2) is 0 Å². The highest BCUT2D eigenvalue weighted by atomic mass is 15.4. The molecule has 1 aromatic rings. The number of rotatable bonds is 2. The van der Waals surface area contributed by atoms with Crippen molar-refractivity contribution in [3.8, 4) is 0 Å². The van der Waals surface area contributed by atoms with E-state index in [0.29, 0.717) is 0 Å². The van der Waals surface area contributed by atoms with E-state index in [1.54, 1.807) is 0 Å². The van der Waals surface area contributed by atoms with Crippen molar-refractivity contribution in [2.75, 3.05) is 13.3 Å². The van der Waals surface area contributed by atoms with Crippen LogP contribution in [0.15, 0.2) is 24.5 Å². The Hall–Kier alpha value is -0.930. The smallest absolute Gasteiger partial charge is 0.0506 e. The highest BCUT2D eigenvalue weighted by molar-refractivity contribution is 5.09. The second-order valence-electron chi connectivity index (χ2n) is 2.75. The van der Waals surface area contributed by atoms with E-state index in [4.69, 9.17) is 0 Å². The van der Waals surface area contributed by atoms with E-state index in [1.165, 1.54) is 5.56 Å². The first-order valence-electron chi connectivity index (χ1n) is 3.77. The Morgan fingerprint density at radius 1 is 1.36 bits per heavy atom. The van der Waals surface area contributed by atoms with Gasteiger partial charge in [0.15, 0.2) is 0 Å². The first kappa shape index (κ1) is 6.76. The molecule has 0 bridgehead atoms. The lowest BCUT2D eigenvalue weighted by atomic mass is 10.2. The maximum absolute atomic E-state index is 3.96. The van der Waals surface area contributed by atoms with Crippen LogP contribution in [0.4, 0.5) is 0 Å². The van der Waals surface area contributed by atoms with Gasteiger partial charge < -0.3 is 0 Å². The molecule has 2 rings (SSSR count). The van der Waals surface area contributed by atoms with Crippen molar-refractivity contribution in [3.63, 3.8) is 0 Å². The molecule has 1 saturated heterocycles. The van der Waals surface area contributed by atoms with Crippen LogP contribution in [0.1, 0.15) is 5.56 Å². The molecule has 0 aliphatic carbocycles. The summed E-state index contributed by atoms with van der Waals surface area (Å²) in [6, 6.07) is 4.11. The summed E-state index contributed by atoms with van der Waals surface area (Å²) in [6.45, 7) is 3.07. The number of pyridine rings is 1. The molecule has 0 amide bonds.